The predicted molar refractivity (Wildman–Crippen MR) is 143 cm³/mol. The van der Waals surface area contributed by atoms with Crippen LogP contribution in [-0.2, 0) is 0 Å². The molecular weight excluding hydrogens is 444 g/mol. The first-order chi connectivity index (χ1) is 17.9. The van der Waals surface area contributed by atoms with E-state index in [4.69, 9.17) is 8.83 Å². The van der Waals surface area contributed by atoms with Gasteiger partial charge in [-0.1, -0.05) is 72.8 Å². The van der Waals surface area contributed by atoms with Gasteiger partial charge < -0.3 is 8.83 Å². The molecule has 0 fully saturated rings. The van der Waals surface area contributed by atoms with E-state index in [2.05, 4.69) is 94.9 Å². The van der Waals surface area contributed by atoms with E-state index in [-0.39, 0.29) is 0 Å². The zero-order valence-electron chi connectivity index (χ0n) is 19.3. The van der Waals surface area contributed by atoms with Gasteiger partial charge in [-0.2, -0.15) is 0 Å². The summed E-state index contributed by atoms with van der Waals surface area (Å²) in [5, 5.41) is 4.77. The Kier molecular flexibility index (Phi) is 4.74. The van der Waals surface area contributed by atoms with Crippen LogP contribution in [0.2, 0.25) is 0 Å². The Morgan fingerprint density at radius 1 is 0.417 bits per heavy atom. The van der Waals surface area contributed by atoms with Crippen molar-refractivity contribution in [1.29, 1.82) is 0 Å². The summed E-state index contributed by atoms with van der Waals surface area (Å²) in [4.78, 5) is 8.70. The Labute approximate surface area is 207 Å². The number of nitrogens with zero attached hydrogens (tertiary/aromatic N) is 2. The molecule has 170 valence electrons. The fourth-order valence-corrected chi connectivity index (χ4v) is 5.10. The highest BCUT2D eigenvalue weighted by Gasteiger charge is 2.17. The molecule has 2 heterocycles. The van der Waals surface area contributed by atoms with Gasteiger partial charge >= 0.3 is 0 Å². The lowest BCUT2D eigenvalue weighted by atomic mass is 9.85. The summed E-state index contributed by atoms with van der Waals surface area (Å²) in [6, 6.07) is 34.0. The summed E-state index contributed by atoms with van der Waals surface area (Å²) in [5.41, 5.74) is 6.54. The molecule has 0 aliphatic carbocycles. The van der Waals surface area contributed by atoms with Crippen LogP contribution in [0.25, 0.3) is 66.7 Å². The zero-order valence-corrected chi connectivity index (χ0v) is 19.3. The standard InChI is InChI=1S/C32H20N2O2/c1-2-12-26-25(11-1)29(21-7-5-9-23(19-21)31-33-15-17-35-31)27-13-3-4-14-28(27)30(26)22-8-6-10-24(20-22)32-34-16-18-36-32/h1-20H. The van der Waals surface area contributed by atoms with Gasteiger partial charge in [0.25, 0.3) is 0 Å². The van der Waals surface area contributed by atoms with E-state index in [1.165, 1.54) is 32.7 Å². The molecule has 7 rings (SSSR count). The number of oxazole rings is 2. The van der Waals surface area contributed by atoms with Crippen LogP contribution in [0.3, 0.4) is 0 Å². The summed E-state index contributed by atoms with van der Waals surface area (Å²) < 4.78 is 11.2. The molecule has 0 radical (unpaired) electrons. The number of rotatable bonds is 4. The molecule has 0 unspecified atom stereocenters. The third kappa shape index (κ3) is 3.31. The molecule has 0 spiro atoms. The van der Waals surface area contributed by atoms with Crippen LogP contribution >= 0.6 is 0 Å². The first-order valence-electron chi connectivity index (χ1n) is 11.8. The van der Waals surface area contributed by atoms with Crippen LogP contribution in [0.15, 0.2) is 131 Å². The van der Waals surface area contributed by atoms with E-state index < -0.39 is 0 Å². The first kappa shape index (κ1) is 20.4. The summed E-state index contributed by atoms with van der Waals surface area (Å²) in [6.07, 6.45) is 6.56. The average Bonchev–Trinajstić information content (AvgIpc) is 3.67. The van der Waals surface area contributed by atoms with E-state index in [1.807, 2.05) is 12.1 Å². The summed E-state index contributed by atoms with van der Waals surface area (Å²) in [7, 11) is 0. The van der Waals surface area contributed by atoms with Crippen molar-refractivity contribution in [3.63, 3.8) is 0 Å². The second-order valence-corrected chi connectivity index (χ2v) is 8.68. The Hall–Kier alpha value is -4.96. The highest BCUT2D eigenvalue weighted by Crippen LogP contribution is 2.44. The van der Waals surface area contributed by atoms with Crippen molar-refractivity contribution in [1.82, 2.24) is 9.97 Å². The van der Waals surface area contributed by atoms with Crippen molar-refractivity contribution in [2.45, 2.75) is 0 Å². The maximum atomic E-state index is 5.58. The first-order valence-corrected chi connectivity index (χ1v) is 11.8. The minimum atomic E-state index is 0.616. The number of benzene rings is 5. The predicted octanol–water partition coefficient (Wildman–Crippen LogP) is 8.64. The van der Waals surface area contributed by atoms with Crippen LogP contribution in [0.4, 0.5) is 0 Å². The molecule has 0 aliphatic rings. The minimum absolute atomic E-state index is 0.616. The highest BCUT2D eigenvalue weighted by atomic mass is 16.3. The maximum absolute atomic E-state index is 5.58. The van der Waals surface area contributed by atoms with Gasteiger partial charge in [0.15, 0.2) is 0 Å². The Bertz CT molecular complexity index is 1640. The third-order valence-corrected chi connectivity index (χ3v) is 6.59. The number of fused-ring (bicyclic) bond motifs is 2. The van der Waals surface area contributed by atoms with Crippen molar-refractivity contribution in [2.24, 2.45) is 0 Å². The zero-order chi connectivity index (χ0) is 23.9. The second kappa shape index (κ2) is 8.36. The molecule has 4 nitrogen and oxygen atoms in total. The lowest BCUT2D eigenvalue weighted by Gasteiger charge is -2.18. The van der Waals surface area contributed by atoms with Gasteiger partial charge in [-0.25, -0.2) is 9.97 Å². The van der Waals surface area contributed by atoms with Crippen molar-refractivity contribution in [3.8, 4) is 45.2 Å². The van der Waals surface area contributed by atoms with E-state index in [1.54, 1.807) is 24.9 Å². The number of hydrogen-bond donors (Lipinski definition) is 0. The molecular formula is C32H20N2O2. The second-order valence-electron chi connectivity index (χ2n) is 8.68. The van der Waals surface area contributed by atoms with Gasteiger partial charge in [-0.3, -0.25) is 0 Å². The summed E-state index contributed by atoms with van der Waals surface area (Å²) in [6.45, 7) is 0. The molecule has 4 heteroatoms. The summed E-state index contributed by atoms with van der Waals surface area (Å²) in [5.74, 6) is 1.23. The molecule has 0 saturated heterocycles. The highest BCUT2D eigenvalue weighted by molar-refractivity contribution is 6.21. The molecule has 2 aromatic heterocycles. The van der Waals surface area contributed by atoms with E-state index in [9.17, 15) is 0 Å². The molecule has 0 saturated carbocycles. The summed E-state index contributed by atoms with van der Waals surface area (Å²) >= 11 is 0. The van der Waals surface area contributed by atoms with Crippen molar-refractivity contribution < 1.29 is 8.83 Å². The van der Waals surface area contributed by atoms with Crippen LogP contribution in [-0.4, -0.2) is 9.97 Å². The Balaban J connectivity index is 1.54. The van der Waals surface area contributed by atoms with Crippen LogP contribution in [0.5, 0.6) is 0 Å². The quantitative estimate of drug-likeness (QED) is 0.245. The average molecular weight is 465 g/mol. The number of aromatic nitrogens is 2. The van der Waals surface area contributed by atoms with Crippen LogP contribution in [0, 0.1) is 0 Å². The van der Waals surface area contributed by atoms with Gasteiger partial charge in [0.1, 0.15) is 12.5 Å². The van der Waals surface area contributed by atoms with E-state index in [0.717, 1.165) is 22.3 Å². The van der Waals surface area contributed by atoms with Gasteiger partial charge in [0, 0.05) is 11.1 Å². The molecule has 0 bridgehead atoms. The minimum Gasteiger partial charge on any atom is -0.445 e. The molecule has 36 heavy (non-hydrogen) atoms. The van der Waals surface area contributed by atoms with Crippen molar-refractivity contribution in [3.05, 3.63) is 122 Å². The Morgan fingerprint density at radius 2 is 0.806 bits per heavy atom. The topological polar surface area (TPSA) is 52.1 Å². The number of hydrogen-bond acceptors (Lipinski definition) is 4. The van der Waals surface area contributed by atoms with Crippen molar-refractivity contribution >= 4 is 21.5 Å². The molecule has 7 aromatic rings. The molecule has 0 N–H and O–H groups in total. The van der Waals surface area contributed by atoms with Gasteiger partial charge in [0.05, 0.1) is 12.4 Å². The van der Waals surface area contributed by atoms with Gasteiger partial charge in [0.2, 0.25) is 11.8 Å². The van der Waals surface area contributed by atoms with Crippen LogP contribution in [0.1, 0.15) is 0 Å². The fraction of sp³-hybridized carbons (Fsp3) is 0. The van der Waals surface area contributed by atoms with E-state index >= 15 is 0 Å². The van der Waals surface area contributed by atoms with Crippen LogP contribution < -0.4 is 0 Å². The normalized spacial score (nSPS) is 11.3. The molecule has 0 atom stereocenters. The smallest absolute Gasteiger partial charge is 0.225 e. The monoisotopic (exact) mass is 464 g/mol. The van der Waals surface area contributed by atoms with Gasteiger partial charge in [-0.05, 0) is 68.1 Å². The molecule has 0 aliphatic heterocycles. The van der Waals surface area contributed by atoms with Crippen molar-refractivity contribution in [2.75, 3.05) is 0 Å². The molecule has 0 amide bonds. The molecule has 5 aromatic carbocycles. The third-order valence-electron chi connectivity index (χ3n) is 6.59. The van der Waals surface area contributed by atoms with E-state index in [0.29, 0.717) is 11.8 Å². The van der Waals surface area contributed by atoms with Gasteiger partial charge in [-0.15, -0.1) is 0 Å². The SMILES string of the molecule is c1cc(-c2ncco2)cc(-c2c3ccccc3c(-c3cccc(-c4ncco4)c3)c3ccccc23)c1. The fourth-order valence-electron chi connectivity index (χ4n) is 5.10. The Morgan fingerprint density at radius 3 is 1.17 bits per heavy atom. The largest absolute Gasteiger partial charge is 0.445 e. The lowest BCUT2D eigenvalue weighted by molar-refractivity contribution is 0.574. The maximum Gasteiger partial charge on any atom is 0.225 e. The lowest BCUT2D eigenvalue weighted by Crippen LogP contribution is -1.91.